The van der Waals surface area contributed by atoms with Gasteiger partial charge in [-0.2, -0.15) is 0 Å². The van der Waals surface area contributed by atoms with Gasteiger partial charge in [-0.15, -0.1) is 13.2 Å². The molecule has 1 rings (SSSR count). The minimum atomic E-state index is -4.81. The van der Waals surface area contributed by atoms with Crippen molar-refractivity contribution in [1.29, 1.82) is 0 Å². The lowest BCUT2D eigenvalue weighted by Crippen LogP contribution is -2.17. The molecule has 0 fully saturated rings. The van der Waals surface area contributed by atoms with Crippen molar-refractivity contribution in [1.82, 2.24) is 0 Å². The van der Waals surface area contributed by atoms with E-state index in [1.807, 2.05) is 0 Å². The quantitative estimate of drug-likeness (QED) is 0.810. The molecule has 0 amide bonds. The highest BCUT2D eigenvalue weighted by Crippen LogP contribution is 2.28. The van der Waals surface area contributed by atoms with E-state index < -0.39 is 24.2 Å². The molecule has 4 nitrogen and oxygen atoms in total. The van der Waals surface area contributed by atoms with Crippen molar-refractivity contribution in [2.75, 3.05) is 0 Å². The van der Waals surface area contributed by atoms with Crippen LogP contribution < -0.4 is 4.74 Å². The lowest BCUT2D eigenvalue weighted by Gasteiger charge is -2.12. The summed E-state index contributed by atoms with van der Waals surface area (Å²) < 4.78 is 39.5. The van der Waals surface area contributed by atoms with Gasteiger partial charge >= 0.3 is 12.3 Å². The molecular weight excluding hydrogens is 356 g/mol. The molecule has 17 heavy (non-hydrogen) atoms. The second kappa shape index (κ2) is 5.08. The number of ether oxygens (including phenoxy) is 1. The van der Waals surface area contributed by atoms with E-state index in [2.05, 4.69) is 4.74 Å². The molecule has 0 bridgehead atoms. The highest BCUT2D eigenvalue weighted by molar-refractivity contribution is 14.1. The van der Waals surface area contributed by atoms with Crippen molar-refractivity contribution in [2.24, 2.45) is 0 Å². The van der Waals surface area contributed by atoms with Crippen LogP contribution in [0.5, 0.6) is 5.75 Å². The van der Waals surface area contributed by atoms with Crippen molar-refractivity contribution >= 4 is 28.6 Å². The number of hydrogen-bond donors (Lipinski definition) is 2. The first-order valence-electron chi connectivity index (χ1n) is 4.17. The summed E-state index contributed by atoms with van der Waals surface area (Å²) in [5.74, 6) is -1.95. The number of hydrogen-bond acceptors (Lipinski definition) is 3. The Balaban J connectivity index is 2.98. The molecule has 1 aromatic carbocycles. The molecule has 2 N–H and O–H groups in total. The van der Waals surface area contributed by atoms with Gasteiger partial charge < -0.3 is 14.9 Å². The highest BCUT2D eigenvalue weighted by atomic mass is 127. The van der Waals surface area contributed by atoms with Gasteiger partial charge in [-0.05, 0) is 34.7 Å². The SMILES string of the molecule is O=C(O)C(O)c1ccc(OC(F)(F)F)cc1I. The maximum Gasteiger partial charge on any atom is 0.573 e. The summed E-state index contributed by atoms with van der Waals surface area (Å²) >= 11 is 1.62. The van der Waals surface area contributed by atoms with Gasteiger partial charge in [-0.3, -0.25) is 0 Å². The Morgan fingerprint density at radius 3 is 2.41 bits per heavy atom. The number of carboxylic acids is 1. The Kier molecular flexibility index (Phi) is 4.20. The van der Waals surface area contributed by atoms with Crippen molar-refractivity contribution in [3.8, 4) is 5.75 Å². The summed E-state index contributed by atoms with van der Waals surface area (Å²) in [6.45, 7) is 0. The Labute approximate surface area is 107 Å². The zero-order chi connectivity index (χ0) is 13.2. The summed E-state index contributed by atoms with van der Waals surface area (Å²) in [6.07, 6.45) is -6.59. The number of alkyl halides is 3. The second-order valence-corrected chi connectivity index (χ2v) is 4.13. The van der Waals surface area contributed by atoms with E-state index in [1.165, 1.54) is 0 Å². The zero-order valence-electron chi connectivity index (χ0n) is 8.03. The smallest absolute Gasteiger partial charge is 0.479 e. The van der Waals surface area contributed by atoms with Crippen LogP contribution in [-0.4, -0.2) is 22.5 Å². The van der Waals surface area contributed by atoms with Gasteiger partial charge in [-0.25, -0.2) is 4.79 Å². The molecular formula is C9H6F3IO4. The first-order valence-corrected chi connectivity index (χ1v) is 5.24. The Hall–Kier alpha value is -1.03. The third-order valence-corrected chi connectivity index (χ3v) is 2.67. The van der Waals surface area contributed by atoms with Gasteiger partial charge in [0, 0.05) is 9.13 Å². The number of aliphatic hydroxyl groups is 1. The molecule has 1 unspecified atom stereocenters. The Morgan fingerprint density at radius 1 is 1.41 bits per heavy atom. The molecule has 0 saturated heterocycles. The molecule has 94 valence electrons. The van der Waals surface area contributed by atoms with E-state index in [1.54, 1.807) is 22.6 Å². The maximum absolute atomic E-state index is 11.9. The first kappa shape index (κ1) is 14.0. The molecule has 0 aliphatic carbocycles. The van der Waals surface area contributed by atoms with Crippen molar-refractivity contribution in [3.05, 3.63) is 27.3 Å². The average Bonchev–Trinajstić information content (AvgIpc) is 2.14. The van der Waals surface area contributed by atoms with E-state index in [-0.39, 0.29) is 9.13 Å². The fourth-order valence-electron chi connectivity index (χ4n) is 1.06. The molecule has 0 aliphatic heterocycles. The van der Waals surface area contributed by atoms with Crippen LogP contribution in [0.15, 0.2) is 18.2 Å². The number of rotatable bonds is 3. The molecule has 0 aromatic heterocycles. The summed E-state index contributed by atoms with van der Waals surface area (Å²) in [6, 6.07) is 3.01. The van der Waals surface area contributed by atoms with Gasteiger partial charge in [0.05, 0.1) is 0 Å². The highest BCUT2D eigenvalue weighted by Gasteiger charge is 2.31. The van der Waals surface area contributed by atoms with Crippen LogP contribution in [0.3, 0.4) is 0 Å². The zero-order valence-corrected chi connectivity index (χ0v) is 10.2. The second-order valence-electron chi connectivity index (χ2n) is 2.97. The summed E-state index contributed by atoms with van der Waals surface area (Å²) in [4.78, 5) is 10.5. The fourth-order valence-corrected chi connectivity index (χ4v) is 1.84. The summed E-state index contributed by atoms with van der Waals surface area (Å²) in [5.41, 5.74) is 0.00706. The normalized spacial score (nSPS) is 13.2. The average molecular weight is 362 g/mol. The van der Waals surface area contributed by atoms with Gasteiger partial charge in [0.25, 0.3) is 0 Å². The van der Waals surface area contributed by atoms with E-state index in [4.69, 9.17) is 5.11 Å². The summed E-state index contributed by atoms with van der Waals surface area (Å²) in [5, 5.41) is 17.8. The number of aliphatic carboxylic acids is 1. The molecule has 0 aliphatic rings. The molecule has 0 saturated carbocycles. The number of carboxylic acid groups (broad SMARTS) is 1. The predicted octanol–water partition coefficient (Wildman–Crippen LogP) is 2.31. The lowest BCUT2D eigenvalue weighted by molar-refractivity contribution is -0.274. The largest absolute Gasteiger partial charge is 0.573 e. The Morgan fingerprint density at radius 2 is 2.00 bits per heavy atom. The van der Waals surface area contributed by atoms with Gasteiger partial charge in [0.1, 0.15) is 5.75 Å². The minimum Gasteiger partial charge on any atom is -0.479 e. The molecule has 8 heteroatoms. The van der Waals surface area contributed by atoms with Gasteiger partial charge in [0.15, 0.2) is 6.10 Å². The Bertz CT molecular complexity index is 433. The maximum atomic E-state index is 11.9. The van der Waals surface area contributed by atoms with Crippen LogP contribution in [0.25, 0.3) is 0 Å². The fraction of sp³-hybridized carbons (Fsp3) is 0.222. The third kappa shape index (κ3) is 4.04. The van der Waals surface area contributed by atoms with Crippen LogP contribution in [0.1, 0.15) is 11.7 Å². The molecule has 0 heterocycles. The number of benzene rings is 1. The molecule has 0 spiro atoms. The van der Waals surface area contributed by atoms with Crippen LogP contribution in [0.2, 0.25) is 0 Å². The number of halogens is 4. The third-order valence-electron chi connectivity index (χ3n) is 1.73. The molecule has 1 atom stereocenters. The lowest BCUT2D eigenvalue weighted by atomic mass is 10.1. The minimum absolute atomic E-state index is 0.00706. The first-order chi connectivity index (χ1) is 7.70. The van der Waals surface area contributed by atoms with E-state index >= 15 is 0 Å². The topological polar surface area (TPSA) is 66.8 Å². The van der Waals surface area contributed by atoms with Crippen LogP contribution in [0.4, 0.5) is 13.2 Å². The van der Waals surface area contributed by atoms with E-state index in [0.29, 0.717) is 0 Å². The van der Waals surface area contributed by atoms with Gasteiger partial charge in [0.2, 0.25) is 0 Å². The van der Waals surface area contributed by atoms with Crippen LogP contribution >= 0.6 is 22.6 Å². The number of aliphatic hydroxyl groups excluding tert-OH is 1. The van der Waals surface area contributed by atoms with E-state index in [9.17, 15) is 23.1 Å². The van der Waals surface area contributed by atoms with Gasteiger partial charge in [-0.1, -0.05) is 6.07 Å². The summed E-state index contributed by atoms with van der Waals surface area (Å²) in [7, 11) is 0. The monoisotopic (exact) mass is 362 g/mol. The van der Waals surface area contributed by atoms with Crippen molar-refractivity contribution in [2.45, 2.75) is 12.5 Å². The molecule has 0 radical (unpaired) electrons. The molecule has 1 aromatic rings. The van der Waals surface area contributed by atoms with Crippen molar-refractivity contribution in [3.63, 3.8) is 0 Å². The predicted molar refractivity (Wildman–Crippen MR) is 58.4 cm³/mol. The van der Waals surface area contributed by atoms with Crippen LogP contribution in [0, 0.1) is 3.57 Å². The van der Waals surface area contributed by atoms with Crippen molar-refractivity contribution < 1.29 is 32.9 Å². The number of carbonyl (C=O) groups is 1. The standard InChI is InChI=1S/C9H6F3IO4/c10-9(11,12)17-4-1-2-5(6(13)3-4)7(14)8(15)16/h1-3,7,14H,(H,15,16). The van der Waals surface area contributed by atoms with Crippen LogP contribution in [-0.2, 0) is 4.79 Å². The van der Waals surface area contributed by atoms with E-state index in [0.717, 1.165) is 18.2 Å².